The summed E-state index contributed by atoms with van der Waals surface area (Å²) in [5.41, 5.74) is 2.70. The minimum absolute atomic E-state index is 0.122. The molecule has 0 spiro atoms. The number of likely N-dealkylation sites (tertiary alicyclic amines) is 1. The largest absolute Gasteiger partial charge is 0.351 e. The Morgan fingerprint density at radius 1 is 1.13 bits per heavy atom. The summed E-state index contributed by atoms with van der Waals surface area (Å²) < 4.78 is 0.601. The summed E-state index contributed by atoms with van der Waals surface area (Å²) >= 11 is 7.18. The maximum Gasteiger partial charge on any atom is 0.261 e. The maximum atomic E-state index is 12.6. The molecule has 0 radical (unpaired) electrons. The lowest BCUT2D eigenvalue weighted by atomic mass is 9.95. The van der Waals surface area contributed by atoms with Crippen molar-refractivity contribution in [3.63, 3.8) is 0 Å². The molecule has 1 aliphatic carbocycles. The van der Waals surface area contributed by atoms with E-state index in [1.165, 1.54) is 62.2 Å². The Kier molecular flexibility index (Phi) is 5.80. The van der Waals surface area contributed by atoms with Gasteiger partial charge >= 0.3 is 0 Å². The van der Waals surface area contributed by atoms with Crippen molar-refractivity contribution in [1.29, 1.82) is 0 Å². The second-order valence-corrected chi connectivity index (χ2v) is 10.9. The average molecular weight is 458 g/mol. The Bertz CT molecular complexity index is 963. The first-order valence-electron chi connectivity index (χ1n) is 11.2. The third-order valence-corrected chi connectivity index (χ3v) is 8.15. The highest BCUT2D eigenvalue weighted by Gasteiger charge is 2.45. The molecule has 1 unspecified atom stereocenters. The van der Waals surface area contributed by atoms with Crippen LogP contribution in [0.2, 0.25) is 4.34 Å². The van der Waals surface area contributed by atoms with E-state index in [1.807, 2.05) is 4.90 Å². The van der Waals surface area contributed by atoms with Crippen LogP contribution in [0, 0.1) is 5.92 Å². The number of carbonyl (C=O) groups excluding carboxylic acids is 2. The van der Waals surface area contributed by atoms with Gasteiger partial charge in [0.25, 0.3) is 5.91 Å². The topological polar surface area (TPSA) is 52.7 Å². The van der Waals surface area contributed by atoms with Crippen LogP contribution in [0.15, 0.2) is 36.4 Å². The van der Waals surface area contributed by atoms with E-state index >= 15 is 0 Å². The fourth-order valence-electron chi connectivity index (χ4n) is 4.98. The average Bonchev–Trinajstić information content (AvgIpc) is 3.11. The smallest absolute Gasteiger partial charge is 0.261 e. The van der Waals surface area contributed by atoms with Crippen LogP contribution in [-0.2, 0) is 10.2 Å². The molecule has 1 atom stereocenters. The van der Waals surface area contributed by atoms with E-state index in [0.717, 1.165) is 5.69 Å². The number of halogens is 1. The molecule has 5 rings (SSSR count). The zero-order valence-corrected chi connectivity index (χ0v) is 19.2. The molecule has 2 aliphatic heterocycles. The summed E-state index contributed by atoms with van der Waals surface area (Å²) in [7, 11) is 0. The Morgan fingerprint density at radius 3 is 2.52 bits per heavy atom. The summed E-state index contributed by atoms with van der Waals surface area (Å²) in [6.45, 7) is 4.78. The highest BCUT2D eigenvalue weighted by Crippen LogP contribution is 2.49. The number of amides is 2. The van der Waals surface area contributed by atoms with Crippen molar-refractivity contribution in [2.24, 2.45) is 5.92 Å². The normalized spacial score (nSPS) is 22.8. The fraction of sp³-hybridized carbons (Fsp3) is 0.500. The number of thiophene rings is 1. The van der Waals surface area contributed by atoms with Gasteiger partial charge in [-0.25, -0.2) is 0 Å². The number of rotatable bonds is 7. The lowest BCUT2D eigenvalue weighted by molar-refractivity contribution is -0.117. The van der Waals surface area contributed by atoms with Gasteiger partial charge in [-0.05, 0) is 68.6 Å². The molecule has 3 aliphatic rings. The van der Waals surface area contributed by atoms with Gasteiger partial charge in [-0.1, -0.05) is 23.7 Å². The molecule has 1 saturated carbocycles. The van der Waals surface area contributed by atoms with Crippen LogP contribution in [0.3, 0.4) is 0 Å². The predicted octanol–water partition coefficient (Wildman–Crippen LogP) is 4.31. The molecule has 2 aromatic rings. The van der Waals surface area contributed by atoms with Crippen molar-refractivity contribution >= 4 is 40.4 Å². The van der Waals surface area contributed by atoms with Crippen molar-refractivity contribution in [2.75, 3.05) is 37.6 Å². The van der Waals surface area contributed by atoms with Gasteiger partial charge < -0.3 is 15.1 Å². The van der Waals surface area contributed by atoms with Gasteiger partial charge in [0.05, 0.1) is 9.21 Å². The van der Waals surface area contributed by atoms with Crippen LogP contribution in [0.25, 0.3) is 0 Å². The molecule has 164 valence electrons. The molecular weight excluding hydrogens is 430 g/mol. The lowest BCUT2D eigenvalue weighted by Gasteiger charge is -2.24. The molecule has 2 amide bonds. The van der Waals surface area contributed by atoms with Gasteiger partial charge in [0.2, 0.25) is 5.91 Å². The molecule has 3 fully saturated rings. The molecule has 7 heteroatoms. The SMILES string of the molecule is O=C(NCC1CC(=O)N(c2ccc(C3(CN4CCCC4)CC3)cc2)C1)c1ccc(Cl)s1. The van der Waals surface area contributed by atoms with E-state index in [-0.39, 0.29) is 17.7 Å². The Morgan fingerprint density at radius 2 is 1.87 bits per heavy atom. The van der Waals surface area contributed by atoms with Gasteiger partial charge in [0.1, 0.15) is 0 Å². The van der Waals surface area contributed by atoms with Crippen molar-refractivity contribution in [1.82, 2.24) is 10.2 Å². The molecule has 2 saturated heterocycles. The minimum Gasteiger partial charge on any atom is -0.351 e. The second kappa shape index (κ2) is 8.57. The third kappa shape index (κ3) is 4.52. The van der Waals surface area contributed by atoms with Gasteiger partial charge in [-0.15, -0.1) is 11.3 Å². The molecule has 1 N–H and O–H groups in total. The third-order valence-electron chi connectivity index (χ3n) is 6.92. The fourth-order valence-corrected chi connectivity index (χ4v) is 5.94. The van der Waals surface area contributed by atoms with Crippen molar-refractivity contribution in [2.45, 2.75) is 37.5 Å². The van der Waals surface area contributed by atoms with Gasteiger partial charge in [-0.2, -0.15) is 0 Å². The van der Waals surface area contributed by atoms with Crippen molar-refractivity contribution < 1.29 is 9.59 Å². The first kappa shape index (κ1) is 21.0. The predicted molar refractivity (Wildman–Crippen MR) is 125 cm³/mol. The number of benzene rings is 1. The van der Waals surface area contributed by atoms with Crippen LogP contribution in [0.1, 0.15) is 47.3 Å². The van der Waals surface area contributed by atoms with Crippen molar-refractivity contribution in [3.8, 4) is 0 Å². The zero-order valence-electron chi connectivity index (χ0n) is 17.6. The molecule has 5 nitrogen and oxygen atoms in total. The number of nitrogens with zero attached hydrogens (tertiary/aromatic N) is 2. The maximum absolute atomic E-state index is 12.6. The van der Waals surface area contributed by atoms with E-state index in [2.05, 4.69) is 34.5 Å². The lowest BCUT2D eigenvalue weighted by Crippen LogP contribution is -2.31. The van der Waals surface area contributed by atoms with E-state index in [0.29, 0.717) is 34.1 Å². The summed E-state index contributed by atoms with van der Waals surface area (Å²) in [5, 5.41) is 2.95. The van der Waals surface area contributed by atoms with E-state index in [1.54, 1.807) is 12.1 Å². The second-order valence-electron chi connectivity index (χ2n) is 9.20. The van der Waals surface area contributed by atoms with E-state index < -0.39 is 0 Å². The monoisotopic (exact) mass is 457 g/mol. The number of hydrogen-bond donors (Lipinski definition) is 1. The first-order chi connectivity index (χ1) is 15.0. The number of anilines is 1. The van der Waals surface area contributed by atoms with Crippen molar-refractivity contribution in [3.05, 3.63) is 51.2 Å². The summed E-state index contributed by atoms with van der Waals surface area (Å²) in [6.07, 6.45) is 5.65. The molecular formula is C24H28ClN3O2S. The summed E-state index contributed by atoms with van der Waals surface area (Å²) in [5.74, 6) is 0.126. The van der Waals surface area contributed by atoms with Crippen LogP contribution in [0.4, 0.5) is 5.69 Å². The van der Waals surface area contributed by atoms with Gasteiger partial charge in [-0.3, -0.25) is 9.59 Å². The number of hydrogen-bond acceptors (Lipinski definition) is 4. The van der Waals surface area contributed by atoms with E-state index in [9.17, 15) is 9.59 Å². The first-order valence-corrected chi connectivity index (χ1v) is 12.4. The van der Waals surface area contributed by atoms with E-state index in [4.69, 9.17) is 11.6 Å². The van der Waals surface area contributed by atoms with Crippen LogP contribution >= 0.6 is 22.9 Å². The highest BCUT2D eigenvalue weighted by molar-refractivity contribution is 7.18. The van der Waals surface area contributed by atoms with Crippen LogP contribution in [0.5, 0.6) is 0 Å². The quantitative estimate of drug-likeness (QED) is 0.674. The van der Waals surface area contributed by atoms with Crippen LogP contribution in [-0.4, -0.2) is 49.4 Å². The zero-order chi connectivity index (χ0) is 21.4. The Hall–Kier alpha value is -1.89. The number of nitrogens with one attached hydrogen (secondary N) is 1. The van der Waals surface area contributed by atoms with Gasteiger partial charge in [0, 0.05) is 43.1 Å². The molecule has 31 heavy (non-hydrogen) atoms. The number of carbonyl (C=O) groups is 2. The molecule has 3 heterocycles. The molecule has 1 aromatic heterocycles. The van der Waals surface area contributed by atoms with Crippen LogP contribution < -0.4 is 10.2 Å². The minimum atomic E-state index is -0.125. The Labute approximate surface area is 192 Å². The molecule has 1 aromatic carbocycles. The molecule has 0 bridgehead atoms. The highest BCUT2D eigenvalue weighted by atomic mass is 35.5. The van der Waals surface area contributed by atoms with Gasteiger partial charge in [0.15, 0.2) is 0 Å². The summed E-state index contributed by atoms with van der Waals surface area (Å²) in [6, 6.07) is 12.1. The summed E-state index contributed by atoms with van der Waals surface area (Å²) in [4.78, 5) is 29.9. The standard InChI is InChI=1S/C24H28ClN3O2S/c25-21-8-7-20(31-21)23(30)26-14-17-13-22(29)28(15-17)19-5-3-18(4-6-19)24(9-10-24)16-27-11-1-2-12-27/h3-8,17H,1-2,9-16H2,(H,26,30). The Balaban J connectivity index is 1.18.